The van der Waals surface area contributed by atoms with E-state index < -0.39 is 36.1 Å². The number of carbonyl (C=O) groups is 3. The quantitative estimate of drug-likeness (QED) is 0.461. The van der Waals surface area contributed by atoms with Crippen molar-refractivity contribution in [2.24, 2.45) is 0 Å². The van der Waals surface area contributed by atoms with Crippen LogP contribution in [0.2, 0.25) is 0 Å². The van der Waals surface area contributed by atoms with Gasteiger partial charge in [0.2, 0.25) is 0 Å². The zero-order chi connectivity index (χ0) is 19.9. The van der Waals surface area contributed by atoms with Crippen LogP contribution in [0.3, 0.4) is 0 Å². The Hall–Kier alpha value is -3.14. The van der Waals surface area contributed by atoms with E-state index in [9.17, 15) is 27.6 Å². The number of nitrogens with one attached hydrogen (secondary N) is 2. The molecule has 2 amide bonds. The number of ether oxygens (including phenoxy) is 1. The predicted molar refractivity (Wildman–Crippen MR) is 91.4 cm³/mol. The van der Waals surface area contributed by atoms with Crippen molar-refractivity contribution in [1.82, 2.24) is 10.9 Å². The van der Waals surface area contributed by atoms with Crippen molar-refractivity contribution in [2.45, 2.75) is 6.18 Å². The zero-order valence-corrected chi connectivity index (χ0v) is 14.4. The molecule has 27 heavy (non-hydrogen) atoms. The maximum Gasteiger partial charge on any atom is 0.416 e. The third kappa shape index (κ3) is 6.59. The molecule has 0 atom stereocenters. The van der Waals surface area contributed by atoms with E-state index >= 15 is 0 Å². The van der Waals surface area contributed by atoms with Gasteiger partial charge in [-0.2, -0.15) is 13.2 Å². The number of thiophene rings is 1. The molecule has 0 aliphatic carbocycles. The number of hydrogen-bond acceptors (Lipinski definition) is 5. The molecule has 0 aliphatic heterocycles. The molecule has 1 heterocycles. The molecule has 2 rings (SSSR count). The van der Waals surface area contributed by atoms with Gasteiger partial charge in [-0.3, -0.25) is 20.4 Å². The maximum absolute atomic E-state index is 12.6. The molecule has 0 saturated heterocycles. The highest BCUT2D eigenvalue weighted by Gasteiger charge is 2.30. The van der Waals surface area contributed by atoms with E-state index in [1.807, 2.05) is 0 Å². The lowest BCUT2D eigenvalue weighted by Crippen LogP contribution is -2.43. The van der Waals surface area contributed by atoms with Crippen molar-refractivity contribution in [2.75, 3.05) is 6.61 Å². The summed E-state index contributed by atoms with van der Waals surface area (Å²) in [6.07, 6.45) is -2.46. The van der Waals surface area contributed by atoms with Crippen molar-refractivity contribution in [3.63, 3.8) is 0 Å². The van der Waals surface area contributed by atoms with E-state index in [1.54, 1.807) is 17.5 Å². The Bertz CT molecular complexity index is 848. The molecule has 10 heteroatoms. The summed E-state index contributed by atoms with van der Waals surface area (Å²) in [6.45, 7) is -0.670. The molecule has 0 fully saturated rings. The topological polar surface area (TPSA) is 84.5 Å². The molecule has 0 bridgehead atoms. The second kappa shape index (κ2) is 8.99. The lowest BCUT2D eigenvalue weighted by molar-refractivity contribution is -0.144. The number of benzene rings is 1. The average Bonchev–Trinajstić information content (AvgIpc) is 3.17. The minimum Gasteiger partial charge on any atom is -0.452 e. The van der Waals surface area contributed by atoms with Crippen LogP contribution in [0.5, 0.6) is 0 Å². The van der Waals surface area contributed by atoms with Crippen molar-refractivity contribution < 1.29 is 32.3 Å². The number of halogens is 3. The first-order valence-electron chi connectivity index (χ1n) is 7.40. The molecule has 6 nitrogen and oxygen atoms in total. The Morgan fingerprint density at radius 1 is 1.11 bits per heavy atom. The molecule has 2 N–H and O–H groups in total. The van der Waals surface area contributed by atoms with E-state index in [0.29, 0.717) is 4.88 Å². The summed E-state index contributed by atoms with van der Waals surface area (Å²) >= 11 is 1.18. The van der Waals surface area contributed by atoms with Crippen LogP contribution in [0.4, 0.5) is 13.2 Å². The molecule has 142 valence electrons. The summed E-state index contributed by atoms with van der Waals surface area (Å²) in [5.41, 5.74) is 3.51. The zero-order valence-electron chi connectivity index (χ0n) is 13.6. The minimum absolute atomic E-state index is 0.148. The fourth-order valence-corrected chi connectivity index (χ4v) is 2.42. The fourth-order valence-electron chi connectivity index (χ4n) is 1.80. The summed E-state index contributed by atoms with van der Waals surface area (Å²) in [6, 6.07) is 7.59. The van der Waals surface area contributed by atoms with Crippen LogP contribution in [-0.4, -0.2) is 24.4 Å². The van der Waals surface area contributed by atoms with Gasteiger partial charge < -0.3 is 4.74 Å². The second-order valence-electron chi connectivity index (χ2n) is 5.04. The number of hydrazine groups is 1. The SMILES string of the molecule is O=C(COC(=O)C=Cc1cccc(C(F)(F)F)c1)NNC(=O)c1cccs1. The molecule has 0 aliphatic rings. The second-order valence-corrected chi connectivity index (χ2v) is 5.99. The third-order valence-electron chi connectivity index (χ3n) is 3.03. The summed E-state index contributed by atoms with van der Waals surface area (Å²) in [7, 11) is 0. The van der Waals surface area contributed by atoms with Crippen molar-refractivity contribution in [1.29, 1.82) is 0 Å². The normalized spacial score (nSPS) is 11.2. The minimum atomic E-state index is -4.49. The first-order valence-corrected chi connectivity index (χ1v) is 8.28. The van der Waals surface area contributed by atoms with Crippen LogP contribution < -0.4 is 10.9 Å². The van der Waals surface area contributed by atoms with Gasteiger partial charge in [0, 0.05) is 6.08 Å². The number of alkyl halides is 3. The van der Waals surface area contributed by atoms with Crippen molar-refractivity contribution in [3.8, 4) is 0 Å². The molecule has 2 aromatic rings. The standard InChI is InChI=1S/C17H13F3N2O4S/c18-17(19,20)12-4-1-3-11(9-12)6-7-15(24)26-10-14(23)21-22-16(25)13-5-2-8-27-13/h1-9H,10H2,(H,21,23)(H,22,25). The van der Waals surface area contributed by atoms with Crippen molar-refractivity contribution >= 4 is 35.2 Å². The molecule has 0 saturated carbocycles. The predicted octanol–water partition coefficient (Wildman–Crippen LogP) is 2.78. The number of esters is 1. The Morgan fingerprint density at radius 3 is 2.56 bits per heavy atom. The number of carbonyl (C=O) groups excluding carboxylic acids is 3. The Kier molecular flexibility index (Phi) is 6.72. The van der Waals surface area contributed by atoms with Crippen LogP contribution in [-0.2, 0) is 20.5 Å². The van der Waals surface area contributed by atoms with Gasteiger partial charge in [-0.05, 0) is 35.2 Å². The monoisotopic (exact) mass is 398 g/mol. The molecule has 1 aromatic carbocycles. The number of hydrogen-bond donors (Lipinski definition) is 2. The van der Waals surface area contributed by atoms with Crippen LogP contribution in [0.15, 0.2) is 47.9 Å². The highest BCUT2D eigenvalue weighted by atomic mass is 32.1. The molecule has 0 spiro atoms. The van der Waals surface area contributed by atoms with Gasteiger partial charge >= 0.3 is 12.1 Å². The number of rotatable bonds is 5. The molecule has 0 radical (unpaired) electrons. The van der Waals surface area contributed by atoms with E-state index in [-0.39, 0.29) is 5.56 Å². The van der Waals surface area contributed by atoms with Gasteiger partial charge in [0.1, 0.15) is 0 Å². The van der Waals surface area contributed by atoms with E-state index in [2.05, 4.69) is 15.6 Å². The molecule has 1 aromatic heterocycles. The maximum atomic E-state index is 12.6. The van der Waals surface area contributed by atoms with Crippen molar-refractivity contribution in [3.05, 3.63) is 63.9 Å². The van der Waals surface area contributed by atoms with Gasteiger partial charge in [0.05, 0.1) is 10.4 Å². The van der Waals surface area contributed by atoms with Crippen LogP contribution in [0, 0.1) is 0 Å². The number of amides is 2. The Morgan fingerprint density at radius 2 is 1.89 bits per heavy atom. The van der Waals surface area contributed by atoms with E-state index in [0.717, 1.165) is 24.3 Å². The fraction of sp³-hybridized carbons (Fsp3) is 0.118. The highest BCUT2D eigenvalue weighted by Crippen LogP contribution is 2.29. The largest absolute Gasteiger partial charge is 0.452 e. The Labute approximate surface area is 155 Å². The highest BCUT2D eigenvalue weighted by molar-refractivity contribution is 7.12. The lowest BCUT2D eigenvalue weighted by atomic mass is 10.1. The third-order valence-corrected chi connectivity index (χ3v) is 3.90. The van der Waals surface area contributed by atoms with Crippen LogP contribution >= 0.6 is 11.3 Å². The Balaban J connectivity index is 1.78. The summed E-state index contributed by atoms with van der Waals surface area (Å²) in [5, 5.41) is 1.69. The van der Waals surface area contributed by atoms with Gasteiger partial charge in [0.25, 0.3) is 11.8 Å². The van der Waals surface area contributed by atoms with Gasteiger partial charge in [-0.15, -0.1) is 11.3 Å². The lowest BCUT2D eigenvalue weighted by Gasteiger charge is -2.07. The summed E-state index contributed by atoms with van der Waals surface area (Å²) in [5.74, 6) is -2.22. The van der Waals surface area contributed by atoms with E-state index in [4.69, 9.17) is 0 Å². The summed E-state index contributed by atoms with van der Waals surface area (Å²) < 4.78 is 42.5. The summed E-state index contributed by atoms with van der Waals surface area (Å²) in [4.78, 5) is 35.0. The van der Waals surface area contributed by atoms with Gasteiger partial charge in [0.15, 0.2) is 6.61 Å². The first-order chi connectivity index (χ1) is 12.8. The first kappa shape index (κ1) is 20.2. The average molecular weight is 398 g/mol. The van der Waals surface area contributed by atoms with Gasteiger partial charge in [-0.1, -0.05) is 18.2 Å². The van der Waals surface area contributed by atoms with E-state index in [1.165, 1.54) is 23.5 Å². The molecular weight excluding hydrogens is 385 g/mol. The van der Waals surface area contributed by atoms with Crippen LogP contribution in [0.25, 0.3) is 6.08 Å². The van der Waals surface area contributed by atoms with Crippen LogP contribution in [0.1, 0.15) is 20.8 Å². The molecule has 0 unspecified atom stereocenters. The smallest absolute Gasteiger partial charge is 0.416 e. The van der Waals surface area contributed by atoms with Gasteiger partial charge in [-0.25, -0.2) is 4.79 Å². The molecular formula is C17H13F3N2O4S.